The van der Waals surface area contributed by atoms with Crippen LogP contribution in [0.3, 0.4) is 0 Å². The summed E-state index contributed by atoms with van der Waals surface area (Å²) < 4.78 is 37.4. The SMILES string of the molecule is OC[C@H]1CO[C@](CBr)(c2ccc(F)cc2F)O1. The van der Waals surface area contributed by atoms with Crippen molar-refractivity contribution in [2.45, 2.75) is 11.9 Å². The highest BCUT2D eigenvalue weighted by Gasteiger charge is 2.44. The highest BCUT2D eigenvalue weighted by molar-refractivity contribution is 9.09. The normalized spacial score (nSPS) is 28.6. The Morgan fingerprint density at radius 1 is 1.47 bits per heavy atom. The first-order valence-electron chi connectivity index (χ1n) is 5.05. The number of benzene rings is 1. The smallest absolute Gasteiger partial charge is 0.208 e. The second kappa shape index (κ2) is 4.97. The molecule has 2 atom stereocenters. The van der Waals surface area contributed by atoms with E-state index in [0.717, 1.165) is 12.1 Å². The minimum absolute atomic E-state index is 0.117. The molecule has 2 rings (SSSR count). The molecule has 1 heterocycles. The molecule has 1 saturated heterocycles. The van der Waals surface area contributed by atoms with Gasteiger partial charge in [-0.1, -0.05) is 15.9 Å². The van der Waals surface area contributed by atoms with Crippen molar-refractivity contribution in [1.29, 1.82) is 0 Å². The molecule has 1 aliphatic rings. The molecule has 6 heteroatoms. The molecule has 1 aliphatic heterocycles. The average molecular weight is 309 g/mol. The lowest BCUT2D eigenvalue weighted by atomic mass is 10.1. The lowest BCUT2D eigenvalue weighted by molar-refractivity contribution is -0.162. The van der Waals surface area contributed by atoms with Gasteiger partial charge in [0.05, 0.1) is 18.5 Å². The van der Waals surface area contributed by atoms with Crippen molar-refractivity contribution in [3.63, 3.8) is 0 Å². The number of ether oxygens (including phenoxy) is 2. The lowest BCUT2D eigenvalue weighted by Crippen LogP contribution is -2.31. The van der Waals surface area contributed by atoms with Gasteiger partial charge in [-0.15, -0.1) is 0 Å². The van der Waals surface area contributed by atoms with Gasteiger partial charge >= 0.3 is 0 Å². The lowest BCUT2D eigenvalue weighted by Gasteiger charge is -2.26. The van der Waals surface area contributed by atoms with Crippen molar-refractivity contribution >= 4 is 15.9 Å². The Labute approximate surface area is 105 Å². The summed E-state index contributed by atoms with van der Waals surface area (Å²) >= 11 is 3.19. The maximum absolute atomic E-state index is 13.7. The Balaban J connectivity index is 2.35. The largest absolute Gasteiger partial charge is 0.394 e. The quantitative estimate of drug-likeness (QED) is 0.867. The Hall–Kier alpha value is -0.560. The van der Waals surface area contributed by atoms with Crippen LogP contribution in [-0.2, 0) is 15.3 Å². The van der Waals surface area contributed by atoms with Gasteiger partial charge in [0.2, 0.25) is 5.79 Å². The number of alkyl halides is 1. The van der Waals surface area contributed by atoms with Crippen LogP contribution in [0.15, 0.2) is 18.2 Å². The van der Waals surface area contributed by atoms with Crippen molar-refractivity contribution in [1.82, 2.24) is 0 Å². The van der Waals surface area contributed by atoms with Crippen LogP contribution < -0.4 is 0 Å². The first kappa shape index (κ1) is 12.9. The molecule has 1 fully saturated rings. The number of aliphatic hydroxyl groups excluding tert-OH is 1. The molecule has 0 aromatic heterocycles. The molecule has 1 aromatic rings. The average Bonchev–Trinajstić information content (AvgIpc) is 2.74. The number of hydrogen-bond acceptors (Lipinski definition) is 3. The molecule has 3 nitrogen and oxygen atoms in total. The summed E-state index contributed by atoms with van der Waals surface area (Å²) in [7, 11) is 0. The number of hydrogen-bond donors (Lipinski definition) is 1. The Kier molecular flexibility index (Phi) is 3.77. The predicted octanol–water partition coefficient (Wildman–Crippen LogP) is 1.92. The molecule has 0 amide bonds. The second-order valence-electron chi connectivity index (χ2n) is 3.74. The molecule has 17 heavy (non-hydrogen) atoms. The van der Waals surface area contributed by atoms with E-state index < -0.39 is 23.5 Å². The second-order valence-corrected chi connectivity index (χ2v) is 4.30. The maximum Gasteiger partial charge on any atom is 0.208 e. The first-order valence-corrected chi connectivity index (χ1v) is 6.17. The fourth-order valence-corrected chi connectivity index (χ4v) is 2.33. The molecule has 0 spiro atoms. The van der Waals surface area contributed by atoms with Crippen LogP contribution in [-0.4, -0.2) is 29.8 Å². The van der Waals surface area contributed by atoms with Crippen molar-refractivity contribution in [3.8, 4) is 0 Å². The van der Waals surface area contributed by atoms with Gasteiger partial charge < -0.3 is 14.6 Å². The van der Waals surface area contributed by atoms with E-state index in [1.54, 1.807) is 0 Å². The number of rotatable bonds is 3. The van der Waals surface area contributed by atoms with E-state index in [-0.39, 0.29) is 24.1 Å². The minimum atomic E-state index is -1.30. The molecular formula is C11H11BrF2O3. The van der Waals surface area contributed by atoms with Crippen LogP contribution in [0.2, 0.25) is 0 Å². The molecule has 0 unspecified atom stereocenters. The summed E-state index contributed by atoms with van der Waals surface area (Å²) in [5.41, 5.74) is 0.117. The summed E-state index contributed by atoms with van der Waals surface area (Å²) in [6.45, 7) is -0.0452. The highest BCUT2D eigenvalue weighted by Crippen LogP contribution is 2.37. The molecule has 94 valence electrons. The van der Waals surface area contributed by atoms with E-state index in [0.29, 0.717) is 0 Å². The highest BCUT2D eigenvalue weighted by atomic mass is 79.9. The minimum Gasteiger partial charge on any atom is -0.394 e. The van der Waals surface area contributed by atoms with Crippen molar-refractivity contribution < 1.29 is 23.4 Å². The Morgan fingerprint density at radius 3 is 2.76 bits per heavy atom. The zero-order valence-corrected chi connectivity index (χ0v) is 10.4. The van der Waals surface area contributed by atoms with Crippen LogP contribution in [0.25, 0.3) is 0 Å². The maximum atomic E-state index is 13.7. The fourth-order valence-electron chi connectivity index (χ4n) is 1.74. The van der Waals surface area contributed by atoms with Crippen molar-refractivity contribution in [3.05, 3.63) is 35.4 Å². The third-order valence-corrected chi connectivity index (χ3v) is 3.32. The topological polar surface area (TPSA) is 38.7 Å². The zero-order valence-electron chi connectivity index (χ0n) is 8.83. The monoisotopic (exact) mass is 308 g/mol. The predicted molar refractivity (Wildman–Crippen MR) is 59.7 cm³/mol. The number of halogens is 3. The van der Waals surface area contributed by atoms with Crippen molar-refractivity contribution in [2.24, 2.45) is 0 Å². The summed E-state index contributed by atoms with van der Waals surface area (Å²) in [4.78, 5) is 0. The summed E-state index contributed by atoms with van der Waals surface area (Å²) in [6, 6.07) is 3.20. The van der Waals surface area contributed by atoms with Crippen molar-refractivity contribution in [2.75, 3.05) is 18.5 Å². The Bertz CT molecular complexity index is 416. The van der Waals surface area contributed by atoms with Gasteiger partial charge in [-0.05, 0) is 12.1 Å². The fraction of sp³-hybridized carbons (Fsp3) is 0.455. The summed E-state index contributed by atoms with van der Waals surface area (Å²) in [6.07, 6.45) is -0.503. The zero-order chi connectivity index (χ0) is 12.5. The van der Waals surface area contributed by atoms with E-state index in [1.807, 2.05) is 0 Å². The van der Waals surface area contributed by atoms with Gasteiger partial charge in [-0.2, -0.15) is 0 Å². The van der Waals surface area contributed by atoms with Crippen LogP contribution in [0.4, 0.5) is 8.78 Å². The Morgan fingerprint density at radius 2 is 2.24 bits per heavy atom. The van der Waals surface area contributed by atoms with Gasteiger partial charge in [-0.25, -0.2) is 8.78 Å². The molecule has 1 aromatic carbocycles. The third-order valence-electron chi connectivity index (χ3n) is 2.58. The van der Waals surface area contributed by atoms with E-state index in [4.69, 9.17) is 14.6 Å². The molecule has 0 bridgehead atoms. The molecule has 0 radical (unpaired) electrons. The molecular weight excluding hydrogens is 298 g/mol. The van der Waals surface area contributed by atoms with E-state index >= 15 is 0 Å². The van der Waals surface area contributed by atoms with E-state index in [1.165, 1.54) is 6.07 Å². The van der Waals surface area contributed by atoms with Crippen LogP contribution in [0.1, 0.15) is 5.56 Å². The van der Waals surface area contributed by atoms with Crippen LogP contribution in [0, 0.1) is 11.6 Å². The molecule has 1 N–H and O–H groups in total. The first-order chi connectivity index (χ1) is 8.11. The van der Waals surface area contributed by atoms with Crippen LogP contribution >= 0.6 is 15.9 Å². The number of aliphatic hydroxyl groups is 1. The van der Waals surface area contributed by atoms with Gasteiger partial charge in [0, 0.05) is 11.6 Å². The van der Waals surface area contributed by atoms with E-state index in [2.05, 4.69) is 15.9 Å². The van der Waals surface area contributed by atoms with Gasteiger partial charge in [0.15, 0.2) is 0 Å². The van der Waals surface area contributed by atoms with Gasteiger partial charge in [0.1, 0.15) is 17.7 Å². The standard InChI is InChI=1S/C11H11BrF2O3/c12-6-11(16-5-8(4-15)17-11)9-2-1-7(13)3-10(9)14/h1-3,8,15H,4-6H2/t8-,11-/m0/s1. The third kappa shape index (κ3) is 2.35. The summed E-state index contributed by atoms with van der Waals surface area (Å²) in [5.74, 6) is -2.69. The van der Waals surface area contributed by atoms with Gasteiger partial charge in [0.25, 0.3) is 0 Å². The molecule has 0 saturated carbocycles. The van der Waals surface area contributed by atoms with E-state index in [9.17, 15) is 8.78 Å². The van der Waals surface area contributed by atoms with Gasteiger partial charge in [-0.3, -0.25) is 0 Å². The van der Waals surface area contributed by atoms with Crippen LogP contribution in [0.5, 0.6) is 0 Å². The molecule has 0 aliphatic carbocycles. The summed E-state index contributed by atoms with van der Waals surface area (Å²) in [5, 5.41) is 9.17.